The average molecular weight is 343 g/mol. The number of hydrogen-bond acceptors (Lipinski definition) is 5. The predicted octanol–water partition coefficient (Wildman–Crippen LogP) is 2.03. The fourth-order valence-electron chi connectivity index (χ4n) is 2.49. The summed E-state index contributed by atoms with van der Waals surface area (Å²) in [6.07, 6.45) is 2.32. The molecule has 0 saturated heterocycles. The van der Waals surface area contributed by atoms with Gasteiger partial charge in [-0.25, -0.2) is 4.79 Å². The Kier molecular flexibility index (Phi) is 6.51. The molecule has 0 bridgehead atoms. The minimum absolute atomic E-state index is 0.0873. The number of carbonyl (C=O) groups is 2. The number of esters is 1. The van der Waals surface area contributed by atoms with Crippen molar-refractivity contribution in [2.45, 2.75) is 26.2 Å². The van der Waals surface area contributed by atoms with Gasteiger partial charge in [-0.15, -0.1) is 0 Å². The van der Waals surface area contributed by atoms with E-state index in [1.807, 2.05) is 18.2 Å². The van der Waals surface area contributed by atoms with Crippen LogP contribution in [0.3, 0.4) is 0 Å². The van der Waals surface area contributed by atoms with Crippen LogP contribution in [0.25, 0.3) is 0 Å². The van der Waals surface area contributed by atoms with Crippen molar-refractivity contribution in [2.75, 3.05) is 13.7 Å². The molecule has 0 aliphatic rings. The first-order valence-electron chi connectivity index (χ1n) is 8.04. The maximum Gasteiger partial charge on any atom is 0.349 e. The lowest BCUT2D eigenvalue weighted by Gasteiger charge is -2.07. The molecule has 1 aromatic heterocycles. The number of ether oxygens (including phenoxy) is 1. The van der Waals surface area contributed by atoms with Gasteiger partial charge in [-0.05, 0) is 37.0 Å². The Labute approximate surface area is 145 Å². The highest BCUT2D eigenvalue weighted by Gasteiger charge is 2.17. The summed E-state index contributed by atoms with van der Waals surface area (Å²) in [5.41, 5.74) is 0.960. The fourth-order valence-corrected chi connectivity index (χ4v) is 2.49. The Morgan fingerprint density at radius 3 is 2.52 bits per heavy atom. The van der Waals surface area contributed by atoms with Crippen LogP contribution in [-0.4, -0.2) is 25.5 Å². The molecule has 0 unspecified atom stereocenters. The first-order chi connectivity index (χ1) is 12.0. The van der Waals surface area contributed by atoms with Gasteiger partial charge in [0.1, 0.15) is 17.9 Å². The topological polar surface area (TPSA) is 85.6 Å². The molecule has 0 saturated carbocycles. The van der Waals surface area contributed by atoms with Crippen LogP contribution < -0.4 is 10.9 Å². The maximum atomic E-state index is 12.1. The second-order valence-electron chi connectivity index (χ2n) is 5.66. The number of aryl methyl sites for hydroxylation is 3. The SMILES string of the molecule is COC(=O)CNC(=O)c1c(C)cc(CCCc2ccccc2)oc1=O. The van der Waals surface area contributed by atoms with Crippen molar-refractivity contribution >= 4 is 11.9 Å². The van der Waals surface area contributed by atoms with Gasteiger partial charge in [0.15, 0.2) is 0 Å². The van der Waals surface area contributed by atoms with E-state index in [9.17, 15) is 14.4 Å². The Morgan fingerprint density at radius 1 is 1.16 bits per heavy atom. The second-order valence-corrected chi connectivity index (χ2v) is 5.66. The van der Waals surface area contributed by atoms with E-state index < -0.39 is 17.5 Å². The monoisotopic (exact) mass is 343 g/mol. The van der Waals surface area contributed by atoms with Crippen LogP contribution in [0.2, 0.25) is 0 Å². The lowest BCUT2D eigenvalue weighted by molar-refractivity contribution is -0.139. The van der Waals surface area contributed by atoms with Crippen LogP contribution >= 0.6 is 0 Å². The molecule has 0 spiro atoms. The molecule has 2 rings (SSSR count). The molecule has 1 amide bonds. The van der Waals surface area contributed by atoms with Crippen LogP contribution in [0, 0.1) is 6.92 Å². The summed E-state index contributed by atoms with van der Waals surface area (Å²) in [6, 6.07) is 11.7. The molecule has 1 heterocycles. The number of benzene rings is 1. The van der Waals surface area contributed by atoms with E-state index >= 15 is 0 Å². The summed E-state index contributed by atoms with van der Waals surface area (Å²) in [4.78, 5) is 35.2. The molecule has 2 aromatic rings. The van der Waals surface area contributed by atoms with Gasteiger partial charge in [0.25, 0.3) is 5.91 Å². The number of amides is 1. The molecule has 0 fully saturated rings. The van der Waals surface area contributed by atoms with Crippen molar-refractivity contribution in [1.29, 1.82) is 0 Å². The quantitative estimate of drug-likeness (QED) is 0.778. The van der Waals surface area contributed by atoms with Crippen LogP contribution in [0.5, 0.6) is 0 Å². The largest absolute Gasteiger partial charge is 0.468 e. The molecule has 0 aliphatic carbocycles. The second kappa shape index (κ2) is 8.82. The molecule has 132 valence electrons. The lowest BCUT2D eigenvalue weighted by Crippen LogP contribution is -2.34. The van der Waals surface area contributed by atoms with Gasteiger partial charge in [0, 0.05) is 6.42 Å². The van der Waals surface area contributed by atoms with E-state index in [1.54, 1.807) is 13.0 Å². The normalized spacial score (nSPS) is 10.3. The standard InChI is InChI=1S/C19H21NO5/c1-13-11-15(10-6-9-14-7-4-3-5-8-14)25-19(23)17(13)18(22)20-12-16(21)24-2/h3-5,7-8,11H,6,9-10,12H2,1-2H3,(H,20,22). The third-order valence-electron chi connectivity index (χ3n) is 3.78. The van der Waals surface area contributed by atoms with E-state index in [4.69, 9.17) is 4.42 Å². The predicted molar refractivity (Wildman–Crippen MR) is 92.5 cm³/mol. The van der Waals surface area contributed by atoms with Gasteiger partial charge >= 0.3 is 11.6 Å². The smallest absolute Gasteiger partial charge is 0.349 e. The van der Waals surface area contributed by atoms with Crippen molar-refractivity contribution in [1.82, 2.24) is 5.32 Å². The van der Waals surface area contributed by atoms with Crippen LogP contribution in [0.15, 0.2) is 45.6 Å². The minimum atomic E-state index is -0.697. The zero-order valence-corrected chi connectivity index (χ0v) is 14.3. The Balaban J connectivity index is 2.00. The zero-order chi connectivity index (χ0) is 18.2. The summed E-state index contributed by atoms with van der Waals surface area (Å²) >= 11 is 0. The third-order valence-corrected chi connectivity index (χ3v) is 3.78. The third kappa shape index (κ3) is 5.31. The number of rotatable bonds is 7. The van der Waals surface area contributed by atoms with Gasteiger partial charge in [0.2, 0.25) is 0 Å². The molecule has 6 nitrogen and oxygen atoms in total. The number of methoxy groups -OCH3 is 1. The van der Waals surface area contributed by atoms with Crippen molar-refractivity contribution < 1.29 is 18.7 Å². The van der Waals surface area contributed by atoms with Crippen LogP contribution in [0.4, 0.5) is 0 Å². The average Bonchev–Trinajstić information content (AvgIpc) is 2.60. The van der Waals surface area contributed by atoms with E-state index in [-0.39, 0.29) is 12.1 Å². The summed E-state index contributed by atoms with van der Waals surface area (Å²) in [5, 5.41) is 2.34. The molecule has 6 heteroatoms. The molecule has 25 heavy (non-hydrogen) atoms. The van der Waals surface area contributed by atoms with E-state index in [0.717, 1.165) is 12.8 Å². The zero-order valence-electron chi connectivity index (χ0n) is 14.3. The van der Waals surface area contributed by atoms with Crippen molar-refractivity contribution in [3.8, 4) is 0 Å². The summed E-state index contributed by atoms with van der Waals surface area (Å²) in [6.45, 7) is 1.37. The maximum absolute atomic E-state index is 12.1. The fraction of sp³-hybridized carbons (Fsp3) is 0.316. The summed E-state index contributed by atoms with van der Waals surface area (Å²) < 4.78 is 9.69. The van der Waals surface area contributed by atoms with Crippen LogP contribution in [0.1, 0.15) is 33.7 Å². The summed E-state index contributed by atoms with van der Waals surface area (Å²) in [7, 11) is 1.22. The van der Waals surface area contributed by atoms with Crippen molar-refractivity contribution in [3.05, 3.63) is 69.3 Å². The Hall–Kier alpha value is -2.89. The number of nitrogens with one attached hydrogen (secondary N) is 1. The first kappa shape index (κ1) is 18.4. The summed E-state index contributed by atoms with van der Waals surface area (Å²) in [5.74, 6) is -0.691. The highest BCUT2D eigenvalue weighted by molar-refractivity contribution is 5.96. The van der Waals surface area contributed by atoms with Gasteiger partial charge in [-0.3, -0.25) is 9.59 Å². The van der Waals surface area contributed by atoms with Crippen molar-refractivity contribution in [3.63, 3.8) is 0 Å². The number of carbonyl (C=O) groups excluding carboxylic acids is 2. The Bertz CT molecular complexity index is 795. The highest BCUT2D eigenvalue weighted by Crippen LogP contribution is 2.11. The van der Waals surface area contributed by atoms with Crippen LogP contribution in [-0.2, 0) is 22.4 Å². The lowest BCUT2D eigenvalue weighted by atomic mass is 10.1. The molecular weight excluding hydrogens is 322 g/mol. The van der Waals surface area contributed by atoms with E-state index in [0.29, 0.717) is 17.7 Å². The molecular formula is C19H21NO5. The van der Waals surface area contributed by atoms with Gasteiger partial charge in [-0.2, -0.15) is 0 Å². The first-order valence-corrected chi connectivity index (χ1v) is 8.04. The molecule has 0 radical (unpaired) electrons. The van der Waals surface area contributed by atoms with Crippen molar-refractivity contribution in [2.24, 2.45) is 0 Å². The molecule has 0 aliphatic heterocycles. The van der Waals surface area contributed by atoms with E-state index in [2.05, 4.69) is 22.2 Å². The van der Waals surface area contributed by atoms with Gasteiger partial charge < -0.3 is 14.5 Å². The highest BCUT2D eigenvalue weighted by atomic mass is 16.5. The minimum Gasteiger partial charge on any atom is -0.468 e. The van der Waals surface area contributed by atoms with E-state index in [1.165, 1.54) is 12.7 Å². The molecule has 1 N–H and O–H groups in total. The number of hydrogen-bond donors (Lipinski definition) is 1. The molecule has 0 atom stereocenters. The van der Waals surface area contributed by atoms with Gasteiger partial charge in [0.05, 0.1) is 7.11 Å². The molecule has 1 aromatic carbocycles. The van der Waals surface area contributed by atoms with Gasteiger partial charge in [-0.1, -0.05) is 30.3 Å². The Morgan fingerprint density at radius 2 is 1.88 bits per heavy atom.